The molecule has 1 aliphatic rings. The number of thioether (sulfide) groups is 1. The van der Waals surface area contributed by atoms with Gasteiger partial charge >= 0.3 is 5.88 Å². The molecule has 0 saturated carbocycles. The summed E-state index contributed by atoms with van der Waals surface area (Å²) in [6.07, 6.45) is 5.80. The van der Waals surface area contributed by atoms with Crippen LogP contribution >= 0.6 is 24.0 Å². The topological polar surface area (TPSA) is 109 Å². The summed E-state index contributed by atoms with van der Waals surface area (Å²) in [5.41, 5.74) is 0.501. The molecule has 1 aromatic heterocycles. The smallest absolute Gasteiger partial charge is 0.433 e. The number of allylic oxidation sites excluding steroid dienone is 1. The maximum absolute atomic E-state index is 12.4. The molecule has 0 bridgehead atoms. The summed E-state index contributed by atoms with van der Waals surface area (Å²) in [7, 11) is 0. The van der Waals surface area contributed by atoms with E-state index in [9.17, 15) is 20.0 Å². The number of phenols is 1. The molecule has 0 spiro atoms. The Kier molecular flexibility index (Phi) is 5.48. The van der Waals surface area contributed by atoms with Crippen molar-refractivity contribution in [2.75, 3.05) is 0 Å². The Morgan fingerprint density at radius 1 is 1.30 bits per heavy atom. The second-order valence-corrected chi connectivity index (χ2v) is 6.78. The minimum atomic E-state index is -0.637. The number of carbonyl (C=O) groups is 1. The van der Waals surface area contributed by atoms with E-state index in [0.29, 0.717) is 10.5 Å². The van der Waals surface area contributed by atoms with Gasteiger partial charge in [0.1, 0.15) is 16.4 Å². The average molecular weight is 401 g/mol. The number of furan rings is 1. The predicted octanol–water partition coefficient (Wildman–Crippen LogP) is 3.79. The summed E-state index contributed by atoms with van der Waals surface area (Å²) in [5.74, 6) is -0.441. The van der Waals surface area contributed by atoms with Crippen molar-refractivity contribution in [3.8, 4) is 5.75 Å². The number of rotatable bonds is 5. The van der Waals surface area contributed by atoms with Crippen LogP contribution in [0, 0.1) is 10.1 Å². The first-order chi connectivity index (χ1) is 13.0. The van der Waals surface area contributed by atoms with Crippen molar-refractivity contribution in [3.63, 3.8) is 0 Å². The fourth-order valence-electron chi connectivity index (χ4n) is 2.08. The molecule has 27 heavy (non-hydrogen) atoms. The number of carbonyl (C=O) groups excluding carboxylic acids is 1. The Morgan fingerprint density at radius 3 is 2.78 bits per heavy atom. The van der Waals surface area contributed by atoms with Crippen molar-refractivity contribution in [1.29, 1.82) is 0 Å². The van der Waals surface area contributed by atoms with Gasteiger partial charge in [0.2, 0.25) is 0 Å². The lowest BCUT2D eigenvalue weighted by Crippen LogP contribution is -2.21. The van der Waals surface area contributed by atoms with Gasteiger partial charge in [-0.2, -0.15) is 10.1 Å². The molecule has 0 atom stereocenters. The van der Waals surface area contributed by atoms with Crippen LogP contribution in [0.4, 0.5) is 5.88 Å². The monoisotopic (exact) mass is 401 g/mol. The van der Waals surface area contributed by atoms with Crippen molar-refractivity contribution >= 4 is 58.5 Å². The lowest BCUT2D eigenvalue weighted by Gasteiger charge is -2.04. The van der Waals surface area contributed by atoms with Gasteiger partial charge in [-0.15, -0.1) is 0 Å². The van der Waals surface area contributed by atoms with Gasteiger partial charge in [-0.1, -0.05) is 30.0 Å². The molecule has 0 radical (unpaired) electrons. The highest BCUT2D eigenvalue weighted by atomic mass is 32.2. The van der Waals surface area contributed by atoms with E-state index in [4.69, 9.17) is 16.6 Å². The van der Waals surface area contributed by atoms with Crippen LogP contribution in [0.3, 0.4) is 0 Å². The molecule has 136 valence electrons. The minimum Gasteiger partial charge on any atom is -0.507 e. The standard InChI is InChI=1S/C17H11N3O5S2/c21-13-6-2-1-4-11(13)10-14-16(22)19(17(26)27-14)18-9-3-5-12-7-8-15(25-12)20(23)24/h1-10,21H/b5-3+,14-10+,18-9+. The number of hydrogen-bond donors (Lipinski definition) is 1. The summed E-state index contributed by atoms with van der Waals surface area (Å²) in [5, 5.41) is 25.4. The fraction of sp³-hybridized carbons (Fsp3) is 0. The molecule has 10 heteroatoms. The Labute approximate surface area is 162 Å². The zero-order valence-corrected chi connectivity index (χ0v) is 15.1. The average Bonchev–Trinajstić information content (AvgIpc) is 3.20. The van der Waals surface area contributed by atoms with Gasteiger partial charge in [-0.3, -0.25) is 14.9 Å². The zero-order chi connectivity index (χ0) is 19.4. The van der Waals surface area contributed by atoms with Crippen LogP contribution in [0.15, 0.2) is 56.9 Å². The molecule has 2 heterocycles. The SMILES string of the molecule is O=C1/C(=C\c2ccccc2O)SC(=S)N1/N=C/C=C/c1ccc([N+](=O)[O-])o1. The molecule has 1 fully saturated rings. The highest BCUT2D eigenvalue weighted by Crippen LogP contribution is 2.34. The summed E-state index contributed by atoms with van der Waals surface area (Å²) in [4.78, 5) is 22.7. The second-order valence-electron chi connectivity index (χ2n) is 5.11. The molecule has 1 N–H and O–H groups in total. The third kappa shape index (κ3) is 4.30. The molecular weight excluding hydrogens is 390 g/mol. The Hall–Kier alpha value is -3.24. The zero-order valence-electron chi connectivity index (χ0n) is 13.5. The molecule has 0 aliphatic carbocycles. The maximum Gasteiger partial charge on any atom is 0.433 e. The number of para-hydroxylation sites is 1. The maximum atomic E-state index is 12.4. The number of aromatic hydroxyl groups is 1. The Bertz CT molecular complexity index is 1010. The number of nitro groups is 1. The molecule has 1 saturated heterocycles. The molecular formula is C17H11N3O5S2. The van der Waals surface area contributed by atoms with Gasteiger partial charge in [0, 0.05) is 11.8 Å². The van der Waals surface area contributed by atoms with E-state index in [1.165, 1.54) is 36.6 Å². The molecule has 2 aromatic rings. The van der Waals surface area contributed by atoms with Crippen LogP contribution in [0.2, 0.25) is 0 Å². The van der Waals surface area contributed by atoms with E-state index in [2.05, 4.69) is 5.10 Å². The minimum absolute atomic E-state index is 0.0572. The molecule has 3 rings (SSSR count). The quantitative estimate of drug-likeness (QED) is 0.267. The molecule has 8 nitrogen and oxygen atoms in total. The molecule has 1 aliphatic heterocycles. The van der Waals surface area contributed by atoms with Crippen LogP contribution < -0.4 is 0 Å². The number of thiocarbonyl (C=S) groups is 1. The normalized spacial score (nSPS) is 16.3. The first-order valence-corrected chi connectivity index (χ1v) is 8.69. The first kappa shape index (κ1) is 18.5. The summed E-state index contributed by atoms with van der Waals surface area (Å²) >= 11 is 6.22. The van der Waals surface area contributed by atoms with Crippen molar-refractivity contribution in [2.24, 2.45) is 5.10 Å². The van der Waals surface area contributed by atoms with Crippen molar-refractivity contribution in [3.05, 3.63) is 68.8 Å². The lowest BCUT2D eigenvalue weighted by molar-refractivity contribution is -0.402. The number of phenolic OH excluding ortho intramolecular Hbond substituents is 1. The summed E-state index contributed by atoms with van der Waals surface area (Å²) in [6.45, 7) is 0. The number of amides is 1. The highest BCUT2D eigenvalue weighted by Gasteiger charge is 2.32. The van der Waals surface area contributed by atoms with Crippen molar-refractivity contribution in [1.82, 2.24) is 5.01 Å². The number of hydrazone groups is 1. The highest BCUT2D eigenvalue weighted by molar-refractivity contribution is 8.26. The summed E-state index contributed by atoms with van der Waals surface area (Å²) in [6, 6.07) is 9.31. The van der Waals surface area contributed by atoms with Crippen LogP contribution in [-0.4, -0.2) is 31.5 Å². The first-order valence-electron chi connectivity index (χ1n) is 7.46. The summed E-state index contributed by atoms with van der Waals surface area (Å²) < 4.78 is 5.21. The van der Waals surface area contributed by atoms with Gasteiger partial charge in [0.15, 0.2) is 4.32 Å². The lowest BCUT2D eigenvalue weighted by atomic mass is 10.2. The number of benzene rings is 1. The number of nitrogens with zero attached hydrogens (tertiary/aromatic N) is 3. The van der Waals surface area contributed by atoms with Gasteiger partial charge < -0.3 is 9.52 Å². The predicted molar refractivity (Wildman–Crippen MR) is 106 cm³/mol. The third-order valence-corrected chi connectivity index (χ3v) is 4.60. The van der Waals surface area contributed by atoms with Crippen LogP contribution in [0.25, 0.3) is 12.2 Å². The Morgan fingerprint density at radius 2 is 2.07 bits per heavy atom. The van der Waals surface area contributed by atoms with Crippen molar-refractivity contribution in [2.45, 2.75) is 0 Å². The third-order valence-electron chi connectivity index (χ3n) is 3.32. The van der Waals surface area contributed by atoms with Gasteiger partial charge in [0.25, 0.3) is 5.91 Å². The van der Waals surface area contributed by atoms with Gasteiger partial charge in [-0.05, 0) is 42.6 Å². The van der Waals surface area contributed by atoms with Gasteiger partial charge in [0.05, 0.1) is 11.0 Å². The molecule has 1 amide bonds. The van der Waals surface area contributed by atoms with E-state index < -0.39 is 10.8 Å². The molecule has 0 unspecified atom stereocenters. The van der Waals surface area contributed by atoms with Crippen molar-refractivity contribution < 1.29 is 19.2 Å². The fourth-order valence-corrected chi connectivity index (χ4v) is 3.25. The van der Waals surface area contributed by atoms with Crippen LogP contribution in [0.1, 0.15) is 11.3 Å². The van der Waals surface area contributed by atoms with E-state index in [0.717, 1.165) is 16.8 Å². The molecule has 1 aromatic carbocycles. The van der Waals surface area contributed by atoms with E-state index >= 15 is 0 Å². The van der Waals surface area contributed by atoms with Crippen LogP contribution in [-0.2, 0) is 4.79 Å². The van der Waals surface area contributed by atoms with E-state index in [1.807, 2.05) is 0 Å². The number of hydrogen-bond acceptors (Lipinski definition) is 8. The van der Waals surface area contributed by atoms with E-state index in [-0.39, 0.29) is 21.7 Å². The van der Waals surface area contributed by atoms with Gasteiger partial charge in [-0.25, -0.2) is 0 Å². The second kappa shape index (κ2) is 7.98. The van der Waals surface area contributed by atoms with Crippen LogP contribution in [0.5, 0.6) is 5.75 Å². The Balaban J connectivity index is 1.70. The van der Waals surface area contributed by atoms with E-state index in [1.54, 1.807) is 24.3 Å². The largest absolute Gasteiger partial charge is 0.507 e.